The van der Waals surface area contributed by atoms with Crippen LogP contribution in [0.4, 0.5) is 0 Å². The third-order valence-corrected chi connectivity index (χ3v) is 9.22. The van der Waals surface area contributed by atoms with E-state index in [9.17, 15) is 5.53 Å². The highest BCUT2D eigenvalue weighted by Gasteiger charge is 2.54. The van der Waals surface area contributed by atoms with Gasteiger partial charge in [0.25, 0.3) is 0 Å². The van der Waals surface area contributed by atoms with Crippen LogP contribution in [0.15, 0.2) is 90.0 Å². The highest BCUT2D eigenvalue weighted by Crippen LogP contribution is 2.39. The van der Waals surface area contributed by atoms with Crippen LogP contribution in [0.25, 0.3) is 21.5 Å². The quantitative estimate of drug-likeness (QED) is 0.122. The summed E-state index contributed by atoms with van der Waals surface area (Å²) in [6, 6.07) is 27.1. The molecule has 7 rings (SSSR count). The Bertz CT molecular complexity index is 1630. The fourth-order valence-electron chi connectivity index (χ4n) is 6.74. The van der Waals surface area contributed by atoms with Gasteiger partial charge in [0, 0.05) is 16.7 Å². The summed E-state index contributed by atoms with van der Waals surface area (Å²) in [5.74, 6) is -0.153. The molecule has 10 atom stereocenters. The highest BCUT2D eigenvalue weighted by molar-refractivity contribution is 5.73. The van der Waals surface area contributed by atoms with Crippen LogP contribution in [-0.4, -0.2) is 70.7 Å². The van der Waals surface area contributed by atoms with Crippen molar-refractivity contribution in [3.8, 4) is 0 Å². The van der Waals surface area contributed by atoms with Crippen LogP contribution in [0.3, 0.4) is 0 Å². The number of rotatable bonds is 11. The van der Waals surface area contributed by atoms with Gasteiger partial charge in [-0.3, -0.25) is 0 Å². The number of ether oxygens (including phenoxy) is 6. The second kappa shape index (κ2) is 13.9. The number of nitrogens with zero attached hydrogens (tertiary/aromatic N) is 6. The van der Waals surface area contributed by atoms with Crippen LogP contribution in [0.1, 0.15) is 25.0 Å². The minimum atomic E-state index is -0.738. The molecule has 4 heterocycles. The SMILES string of the molecule is CC1[C@H](O[C@H]2C(OCc3ccccc3)C(N=[N+]=[N-])[C@@H]3OC[C@@H]2O3)OC(Cn2nnc3ccccc32)[C@@H](C)[C@H]1OCc1ccccc1. The maximum absolute atomic E-state index is 9.44. The van der Waals surface area contributed by atoms with Gasteiger partial charge in [0.15, 0.2) is 12.6 Å². The van der Waals surface area contributed by atoms with Gasteiger partial charge in [0.1, 0.15) is 29.9 Å². The summed E-state index contributed by atoms with van der Waals surface area (Å²) in [4.78, 5) is 3.09. The Morgan fingerprint density at radius 3 is 2.24 bits per heavy atom. The molecule has 3 saturated heterocycles. The first-order chi connectivity index (χ1) is 22.6. The normalized spacial score (nSPS) is 32.3. The Morgan fingerprint density at radius 1 is 0.848 bits per heavy atom. The molecule has 3 aromatic carbocycles. The van der Waals surface area contributed by atoms with Crippen molar-refractivity contribution in [3.63, 3.8) is 0 Å². The molecule has 0 aliphatic carbocycles. The third-order valence-electron chi connectivity index (χ3n) is 9.22. The lowest BCUT2D eigenvalue weighted by Gasteiger charge is -2.47. The van der Waals surface area contributed by atoms with Crippen molar-refractivity contribution in [2.45, 2.75) is 82.7 Å². The number of hydrogen-bond donors (Lipinski definition) is 0. The fourth-order valence-corrected chi connectivity index (χ4v) is 6.74. The summed E-state index contributed by atoms with van der Waals surface area (Å²) in [5, 5.41) is 12.8. The van der Waals surface area contributed by atoms with E-state index in [1.54, 1.807) is 0 Å². The topological polar surface area (TPSA) is 135 Å². The molecule has 0 spiro atoms. The molecule has 12 nitrogen and oxygen atoms in total. The standard InChI is InChI=1S/C34H38N6O6/c1-21-27(17-40-26-16-10-9-15-25(26)36-39-40)44-33(22(2)30(21)41-18-23-11-5-3-6-12-23)46-31-28-20-43-34(45-28)29(37-38-35)32(31)42-19-24-13-7-4-8-14-24/h3-16,21-22,27-34H,17-20H2,1-2H3/t21-,22?,27?,28+,29?,30-,31-,32?,33+,34-/m1/s1. The number of fused-ring (bicyclic) bond motifs is 3. The van der Waals surface area contributed by atoms with Gasteiger partial charge in [-0.15, -0.1) is 5.10 Å². The van der Waals surface area contributed by atoms with Crippen LogP contribution in [0.2, 0.25) is 0 Å². The molecule has 46 heavy (non-hydrogen) atoms. The van der Waals surface area contributed by atoms with Gasteiger partial charge in [-0.2, -0.15) is 0 Å². The number of para-hydroxylation sites is 1. The van der Waals surface area contributed by atoms with E-state index in [2.05, 4.69) is 46.3 Å². The summed E-state index contributed by atoms with van der Waals surface area (Å²) in [7, 11) is 0. The Morgan fingerprint density at radius 2 is 1.52 bits per heavy atom. The van der Waals surface area contributed by atoms with Crippen molar-refractivity contribution in [2.75, 3.05) is 6.61 Å². The predicted octanol–water partition coefficient (Wildman–Crippen LogP) is 5.42. The number of azide groups is 1. The van der Waals surface area contributed by atoms with E-state index < -0.39 is 36.9 Å². The highest BCUT2D eigenvalue weighted by atomic mass is 16.8. The smallest absolute Gasteiger partial charge is 0.169 e. The molecule has 12 heteroatoms. The maximum Gasteiger partial charge on any atom is 0.169 e. The van der Waals surface area contributed by atoms with Crippen molar-refractivity contribution in [2.24, 2.45) is 17.0 Å². The molecule has 0 N–H and O–H groups in total. The summed E-state index contributed by atoms with van der Waals surface area (Å²) in [5.41, 5.74) is 13.3. The summed E-state index contributed by atoms with van der Waals surface area (Å²) < 4.78 is 40.7. The molecule has 4 unspecified atom stereocenters. The first-order valence-electron chi connectivity index (χ1n) is 15.8. The van der Waals surface area contributed by atoms with E-state index >= 15 is 0 Å². The zero-order valence-corrected chi connectivity index (χ0v) is 25.8. The van der Waals surface area contributed by atoms with Gasteiger partial charge in [-0.25, -0.2) is 4.68 Å². The van der Waals surface area contributed by atoms with Crippen molar-refractivity contribution in [1.29, 1.82) is 0 Å². The number of hydrogen-bond acceptors (Lipinski definition) is 9. The lowest BCUT2D eigenvalue weighted by Crippen LogP contribution is -2.59. The Kier molecular flexibility index (Phi) is 9.27. The molecular formula is C34H38N6O6. The zero-order chi connectivity index (χ0) is 31.5. The summed E-state index contributed by atoms with van der Waals surface area (Å²) >= 11 is 0. The third kappa shape index (κ3) is 6.38. The maximum atomic E-state index is 9.44. The molecule has 0 saturated carbocycles. The average molecular weight is 627 g/mol. The molecule has 3 fully saturated rings. The van der Waals surface area contributed by atoms with Crippen LogP contribution in [-0.2, 0) is 48.2 Å². The van der Waals surface area contributed by atoms with E-state index in [1.165, 1.54) is 0 Å². The van der Waals surface area contributed by atoms with Gasteiger partial charge in [0.2, 0.25) is 0 Å². The average Bonchev–Trinajstić information content (AvgIpc) is 3.71. The van der Waals surface area contributed by atoms with Crippen molar-refractivity contribution in [1.82, 2.24) is 15.0 Å². The largest absolute Gasteiger partial charge is 0.373 e. The van der Waals surface area contributed by atoms with Gasteiger partial charge in [-0.1, -0.05) is 97.0 Å². The minimum absolute atomic E-state index is 0.00406. The molecule has 2 bridgehead atoms. The molecule has 4 aromatic rings. The molecule has 3 aliphatic rings. The van der Waals surface area contributed by atoms with Crippen molar-refractivity contribution < 1.29 is 28.4 Å². The van der Waals surface area contributed by atoms with Crippen LogP contribution >= 0.6 is 0 Å². The van der Waals surface area contributed by atoms with Crippen LogP contribution < -0.4 is 0 Å². The zero-order valence-electron chi connectivity index (χ0n) is 25.8. The predicted molar refractivity (Wildman–Crippen MR) is 167 cm³/mol. The van der Waals surface area contributed by atoms with E-state index in [1.807, 2.05) is 77.5 Å². The van der Waals surface area contributed by atoms with Crippen molar-refractivity contribution in [3.05, 3.63) is 106 Å². The first kappa shape index (κ1) is 30.8. The van der Waals surface area contributed by atoms with Gasteiger partial charge < -0.3 is 28.4 Å². The monoisotopic (exact) mass is 626 g/mol. The molecule has 0 amide bonds. The van der Waals surface area contributed by atoms with E-state index in [4.69, 9.17) is 28.4 Å². The Hall–Kier alpha value is -3.87. The second-order valence-corrected chi connectivity index (χ2v) is 12.2. The molecule has 0 radical (unpaired) electrons. The van der Waals surface area contributed by atoms with Gasteiger partial charge >= 0.3 is 0 Å². The van der Waals surface area contributed by atoms with Gasteiger partial charge in [0.05, 0.1) is 44.1 Å². The Balaban J connectivity index is 1.16. The number of aromatic nitrogens is 3. The van der Waals surface area contributed by atoms with Crippen LogP contribution in [0.5, 0.6) is 0 Å². The summed E-state index contributed by atoms with van der Waals surface area (Å²) in [6.45, 7) is 5.75. The number of benzene rings is 3. The molecule has 240 valence electrons. The van der Waals surface area contributed by atoms with E-state index in [0.717, 1.165) is 22.2 Å². The van der Waals surface area contributed by atoms with E-state index in [-0.39, 0.29) is 30.7 Å². The van der Waals surface area contributed by atoms with Crippen LogP contribution in [0, 0.1) is 11.8 Å². The summed E-state index contributed by atoms with van der Waals surface area (Å²) in [6.07, 6.45) is -3.57. The fraction of sp³-hybridized carbons (Fsp3) is 0.471. The lowest BCUT2D eigenvalue weighted by atomic mass is 9.85. The minimum Gasteiger partial charge on any atom is -0.373 e. The lowest BCUT2D eigenvalue weighted by molar-refractivity contribution is -0.316. The van der Waals surface area contributed by atoms with Crippen molar-refractivity contribution >= 4 is 11.0 Å². The van der Waals surface area contributed by atoms with E-state index in [0.29, 0.717) is 19.8 Å². The molecular weight excluding hydrogens is 588 g/mol. The van der Waals surface area contributed by atoms with Gasteiger partial charge in [-0.05, 0) is 28.8 Å². The Labute approximate surface area is 267 Å². The second-order valence-electron chi connectivity index (χ2n) is 12.2. The molecule has 3 aliphatic heterocycles. The first-order valence-corrected chi connectivity index (χ1v) is 15.8. The molecule has 1 aromatic heterocycles.